The fraction of sp³-hybridized carbons (Fsp3) is 0.417. The number of rotatable bonds is 2. The van der Waals surface area contributed by atoms with Crippen LogP contribution in [0.5, 0.6) is 0 Å². The zero-order chi connectivity index (χ0) is 10.7. The van der Waals surface area contributed by atoms with Gasteiger partial charge in [0.2, 0.25) is 0 Å². The Bertz CT molecular complexity index is 329. The van der Waals surface area contributed by atoms with E-state index in [0.717, 1.165) is 10.6 Å². The molecule has 1 aromatic rings. The first-order valence-electron chi connectivity index (χ1n) is 4.84. The van der Waals surface area contributed by atoms with Crippen molar-refractivity contribution in [3.8, 4) is 0 Å². The molecule has 1 aromatic carbocycles. The first-order chi connectivity index (χ1) is 6.52. The van der Waals surface area contributed by atoms with Crippen LogP contribution in [-0.2, 0) is 0 Å². The third kappa shape index (κ3) is 2.55. The Balaban J connectivity index is 3.00. The third-order valence-corrected chi connectivity index (χ3v) is 2.81. The van der Waals surface area contributed by atoms with Crippen molar-refractivity contribution in [2.45, 2.75) is 19.8 Å². The number of nitrogens with zero attached hydrogens (tertiary/aromatic N) is 1. The molecule has 0 saturated heterocycles. The molecule has 0 unspecified atom stereocenters. The van der Waals surface area contributed by atoms with Crippen molar-refractivity contribution < 1.29 is 0 Å². The van der Waals surface area contributed by atoms with Gasteiger partial charge in [-0.2, -0.15) is 0 Å². The minimum Gasteiger partial charge on any atom is -0.368 e. The van der Waals surface area contributed by atoms with E-state index in [2.05, 4.69) is 38.1 Å². The van der Waals surface area contributed by atoms with Crippen LogP contribution < -0.4 is 0 Å². The molecule has 76 valence electrons. The molecule has 0 aliphatic rings. The molecule has 0 aliphatic carbocycles. The highest BCUT2D eigenvalue weighted by atomic mass is 32.1. The van der Waals surface area contributed by atoms with E-state index in [-0.39, 0.29) is 0 Å². The van der Waals surface area contributed by atoms with E-state index in [0.29, 0.717) is 5.92 Å². The van der Waals surface area contributed by atoms with Gasteiger partial charge in [0.1, 0.15) is 4.99 Å². The van der Waals surface area contributed by atoms with Crippen LogP contribution in [0.4, 0.5) is 0 Å². The Morgan fingerprint density at radius 2 is 1.93 bits per heavy atom. The van der Waals surface area contributed by atoms with E-state index in [4.69, 9.17) is 12.2 Å². The third-order valence-electron chi connectivity index (χ3n) is 2.21. The van der Waals surface area contributed by atoms with Crippen molar-refractivity contribution in [3.05, 3.63) is 35.4 Å². The number of thiocarbonyl (C=S) groups is 1. The summed E-state index contributed by atoms with van der Waals surface area (Å²) in [5, 5.41) is 0. The minimum atomic E-state index is 0.555. The van der Waals surface area contributed by atoms with Gasteiger partial charge in [-0.15, -0.1) is 0 Å². The van der Waals surface area contributed by atoms with Crippen LogP contribution in [0.3, 0.4) is 0 Å². The van der Waals surface area contributed by atoms with Gasteiger partial charge >= 0.3 is 0 Å². The van der Waals surface area contributed by atoms with E-state index in [1.807, 2.05) is 19.0 Å². The van der Waals surface area contributed by atoms with E-state index in [1.54, 1.807) is 0 Å². The van der Waals surface area contributed by atoms with Crippen LogP contribution in [0.25, 0.3) is 0 Å². The van der Waals surface area contributed by atoms with Crippen molar-refractivity contribution in [1.29, 1.82) is 0 Å². The predicted octanol–water partition coefficient (Wildman–Crippen LogP) is 3.05. The van der Waals surface area contributed by atoms with Crippen LogP contribution >= 0.6 is 12.2 Å². The lowest BCUT2D eigenvalue weighted by molar-refractivity contribution is 0.636. The second-order valence-corrected chi connectivity index (χ2v) is 4.37. The normalized spacial score (nSPS) is 10.4. The first kappa shape index (κ1) is 11.2. The second kappa shape index (κ2) is 4.56. The smallest absolute Gasteiger partial charge is 0.108 e. The quantitative estimate of drug-likeness (QED) is 0.686. The van der Waals surface area contributed by atoms with E-state index >= 15 is 0 Å². The summed E-state index contributed by atoms with van der Waals surface area (Å²) in [7, 11) is 3.95. The number of hydrogen-bond donors (Lipinski definition) is 0. The van der Waals surface area contributed by atoms with Gasteiger partial charge < -0.3 is 4.90 Å². The van der Waals surface area contributed by atoms with Crippen LogP contribution in [0, 0.1) is 0 Å². The molecule has 0 aromatic heterocycles. The minimum absolute atomic E-state index is 0.555. The predicted molar refractivity (Wildman–Crippen MR) is 65.9 cm³/mol. The van der Waals surface area contributed by atoms with Crippen LogP contribution in [0.2, 0.25) is 0 Å². The first-order valence-corrected chi connectivity index (χ1v) is 5.25. The van der Waals surface area contributed by atoms with E-state index < -0.39 is 0 Å². The molecule has 1 nitrogen and oxygen atoms in total. The topological polar surface area (TPSA) is 3.24 Å². The maximum Gasteiger partial charge on any atom is 0.108 e. The fourth-order valence-electron chi connectivity index (χ4n) is 1.29. The molecule has 0 bridgehead atoms. The molecular weight excluding hydrogens is 190 g/mol. The van der Waals surface area contributed by atoms with Gasteiger partial charge in [-0.3, -0.25) is 0 Å². The summed E-state index contributed by atoms with van der Waals surface area (Å²) >= 11 is 5.32. The SMILES string of the molecule is CC(C)c1cccc(C(=S)N(C)C)c1. The summed E-state index contributed by atoms with van der Waals surface area (Å²) < 4.78 is 0. The Hall–Kier alpha value is -0.890. The molecule has 1 rings (SSSR count). The largest absolute Gasteiger partial charge is 0.368 e. The highest BCUT2D eigenvalue weighted by molar-refractivity contribution is 7.80. The van der Waals surface area contributed by atoms with Gasteiger partial charge in [0, 0.05) is 19.7 Å². The van der Waals surface area contributed by atoms with Crippen molar-refractivity contribution in [3.63, 3.8) is 0 Å². The molecule has 0 saturated carbocycles. The Kier molecular flexibility index (Phi) is 3.64. The zero-order valence-electron chi connectivity index (χ0n) is 9.24. The Morgan fingerprint density at radius 3 is 2.43 bits per heavy atom. The molecule has 0 N–H and O–H groups in total. The van der Waals surface area contributed by atoms with Gasteiger partial charge in [-0.25, -0.2) is 0 Å². The number of benzene rings is 1. The standard InChI is InChI=1S/C12H17NS/c1-9(2)10-6-5-7-11(8-10)12(14)13(3)4/h5-9H,1-4H3. The van der Waals surface area contributed by atoms with Crippen LogP contribution in [-0.4, -0.2) is 24.0 Å². The van der Waals surface area contributed by atoms with Gasteiger partial charge in [0.25, 0.3) is 0 Å². The average Bonchev–Trinajstić information content (AvgIpc) is 2.16. The lowest BCUT2D eigenvalue weighted by atomic mass is 10.0. The van der Waals surface area contributed by atoms with Gasteiger partial charge in [-0.05, 0) is 17.5 Å². The van der Waals surface area contributed by atoms with Crippen LogP contribution in [0.15, 0.2) is 24.3 Å². The molecule has 0 spiro atoms. The summed E-state index contributed by atoms with van der Waals surface area (Å²) in [6.07, 6.45) is 0. The summed E-state index contributed by atoms with van der Waals surface area (Å²) in [4.78, 5) is 2.86. The van der Waals surface area contributed by atoms with Crippen molar-refractivity contribution >= 4 is 17.2 Å². The molecule has 0 radical (unpaired) electrons. The zero-order valence-corrected chi connectivity index (χ0v) is 10.1. The van der Waals surface area contributed by atoms with Crippen molar-refractivity contribution in [2.24, 2.45) is 0 Å². The van der Waals surface area contributed by atoms with E-state index in [1.165, 1.54) is 5.56 Å². The molecular formula is C12H17NS. The molecule has 0 heterocycles. The molecule has 2 heteroatoms. The maximum atomic E-state index is 5.32. The molecule has 14 heavy (non-hydrogen) atoms. The highest BCUT2D eigenvalue weighted by Crippen LogP contribution is 2.16. The maximum absolute atomic E-state index is 5.32. The summed E-state index contributed by atoms with van der Waals surface area (Å²) in [6.45, 7) is 4.38. The molecule has 0 amide bonds. The van der Waals surface area contributed by atoms with Gasteiger partial charge in [0.15, 0.2) is 0 Å². The highest BCUT2D eigenvalue weighted by Gasteiger charge is 2.05. The van der Waals surface area contributed by atoms with Crippen molar-refractivity contribution in [1.82, 2.24) is 4.90 Å². The van der Waals surface area contributed by atoms with E-state index in [9.17, 15) is 0 Å². The monoisotopic (exact) mass is 207 g/mol. The fourth-order valence-corrected chi connectivity index (χ4v) is 1.42. The lowest BCUT2D eigenvalue weighted by Gasteiger charge is -2.15. The molecule has 0 aliphatic heterocycles. The van der Waals surface area contributed by atoms with Crippen LogP contribution in [0.1, 0.15) is 30.9 Å². The molecule has 0 atom stereocenters. The lowest BCUT2D eigenvalue weighted by Crippen LogP contribution is -2.20. The average molecular weight is 207 g/mol. The van der Waals surface area contributed by atoms with Crippen molar-refractivity contribution in [2.75, 3.05) is 14.1 Å². The second-order valence-electron chi connectivity index (χ2n) is 3.98. The summed E-state index contributed by atoms with van der Waals surface area (Å²) in [6, 6.07) is 8.45. The van der Waals surface area contributed by atoms with Gasteiger partial charge in [-0.1, -0.05) is 44.3 Å². The molecule has 0 fully saturated rings. The summed E-state index contributed by atoms with van der Waals surface area (Å²) in [5.74, 6) is 0.555. The van der Waals surface area contributed by atoms with Gasteiger partial charge in [0.05, 0.1) is 0 Å². The summed E-state index contributed by atoms with van der Waals surface area (Å²) in [5.41, 5.74) is 2.47. The number of hydrogen-bond acceptors (Lipinski definition) is 1. The Labute approximate surface area is 91.7 Å². The Morgan fingerprint density at radius 1 is 1.29 bits per heavy atom.